The molecule has 20 heavy (non-hydrogen) atoms. The van der Waals surface area contributed by atoms with Crippen LogP contribution in [0.25, 0.3) is 0 Å². The fourth-order valence-electron chi connectivity index (χ4n) is 2.75. The van der Waals surface area contributed by atoms with Gasteiger partial charge in [-0.3, -0.25) is 4.79 Å². The van der Waals surface area contributed by atoms with Crippen molar-refractivity contribution < 1.29 is 9.90 Å². The Hall–Kier alpha value is -1.55. The van der Waals surface area contributed by atoms with Crippen molar-refractivity contribution in [1.82, 2.24) is 10.6 Å². The molecule has 0 radical (unpaired) electrons. The monoisotopic (exact) mass is 276 g/mol. The number of hydrogen-bond acceptors (Lipinski definition) is 3. The summed E-state index contributed by atoms with van der Waals surface area (Å²) in [5.41, 5.74) is 1.12. The zero-order valence-corrected chi connectivity index (χ0v) is 12.3. The molecule has 1 saturated heterocycles. The second-order valence-electron chi connectivity index (χ2n) is 6.19. The molecule has 4 heteroatoms. The number of phenols is 1. The van der Waals surface area contributed by atoms with Gasteiger partial charge in [-0.25, -0.2) is 0 Å². The number of aromatic hydroxyl groups is 1. The lowest BCUT2D eigenvalue weighted by atomic mass is 9.77. The van der Waals surface area contributed by atoms with E-state index in [1.54, 1.807) is 12.1 Å². The van der Waals surface area contributed by atoms with E-state index < -0.39 is 0 Å². The molecule has 0 aliphatic carbocycles. The van der Waals surface area contributed by atoms with Crippen LogP contribution in [0.5, 0.6) is 5.75 Å². The second-order valence-corrected chi connectivity index (χ2v) is 6.19. The third kappa shape index (κ3) is 3.73. The van der Waals surface area contributed by atoms with Gasteiger partial charge in [-0.05, 0) is 48.9 Å². The van der Waals surface area contributed by atoms with E-state index in [4.69, 9.17) is 0 Å². The Bertz CT molecular complexity index is 454. The smallest absolute Gasteiger partial charge is 0.237 e. The highest BCUT2D eigenvalue weighted by Crippen LogP contribution is 2.30. The van der Waals surface area contributed by atoms with Crippen molar-refractivity contribution in [2.24, 2.45) is 5.41 Å². The SMILES string of the molecule is CC1(C)CCCNC1C(=O)NCCc1ccc(O)cc1. The predicted molar refractivity (Wildman–Crippen MR) is 79.6 cm³/mol. The minimum Gasteiger partial charge on any atom is -0.508 e. The molecule has 0 saturated carbocycles. The molecule has 1 unspecified atom stereocenters. The van der Waals surface area contributed by atoms with Crippen molar-refractivity contribution in [1.29, 1.82) is 0 Å². The van der Waals surface area contributed by atoms with E-state index >= 15 is 0 Å². The van der Waals surface area contributed by atoms with Crippen LogP contribution in [0.4, 0.5) is 0 Å². The van der Waals surface area contributed by atoms with Gasteiger partial charge < -0.3 is 15.7 Å². The molecule has 1 fully saturated rings. The molecule has 1 amide bonds. The van der Waals surface area contributed by atoms with Gasteiger partial charge >= 0.3 is 0 Å². The summed E-state index contributed by atoms with van der Waals surface area (Å²) in [6, 6.07) is 7.00. The Balaban J connectivity index is 1.81. The van der Waals surface area contributed by atoms with Crippen LogP contribution in [-0.4, -0.2) is 30.1 Å². The molecule has 0 bridgehead atoms. The Labute approximate surface area is 120 Å². The van der Waals surface area contributed by atoms with Gasteiger partial charge in [0.15, 0.2) is 0 Å². The summed E-state index contributed by atoms with van der Waals surface area (Å²) in [5, 5.41) is 15.5. The minimum atomic E-state index is -0.101. The van der Waals surface area contributed by atoms with Crippen LogP contribution < -0.4 is 10.6 Å². The van der Waals surface area contributed by atoms with Crippen LogP contribution >= 0.6 is 0 Å². The Morgan fingerprint density at radius 1 is 1.40 bits per heavy atom. The van der Waals surface area contributed by atoms with Crippen LogP contribution in [0.1, 0.15) is 32.3 Å². The van der Waals surface area contributed by atoms with Crippen LogP contribution in [0, 0.1) is 5.41 Å². The molecule has 1 aromatic carbocycles. The zero-order valence-electron chi connectivity index (χ0n) is 12.3. The van der Waals surface area contributed by atoms with Crippen LogP contribution in [0.3, 0.4) is 0 Å². The van der Waals surface area contributed by atoms with Crippen molar-refractivity contribution in [3.63, 3.8) is 0 Å². The summed E-state index contributed by atoms with van der Waals surface area (Å²) >= 11 is 0. The molecule has 1 aromatic rings. The summed E-state index contributed by atoms with van der Waals surface area (Å²) in [6.45, 7) is 5.82. The summed E-state index contributed by atoms with van der Waals surface area (Å²) in [6.07, 6.45) is 2.99. The fourth-order valence-corrected chi connectivity index (χ4v) is 2.75. The van der Waals surface area contributed by atoms with Crippen LogP contribution in [-0.2, 0) is 11.2 Å². The maximum atomic E-state index is 12.2. The molecule has 1 atom stereocenters. The Morgan fingerprint density at radius 2 is 2.10 bits per heavy atom. The van der Waals surface area contributed by atoms with Crippen molar-refractivity contribution in [2.75, 3.05) is 13.1 Å². The highest BCUT2D eigenvalue weighted by atomic mass is 16.3. The third-order valence-electron chi connectivity index (χ3n) is 4.04. The van der Waals surface area contributed by atoms with Crippen molar-refractivity contribution in [3.8, 4) is 5.75 Å². The first-order valence-electron chi connectivity index (χ1n) is 7.28. The summed E-state index contributed by atoms with van der Waals surface area (Å²) in [7, 11) is 0. The first-order valence-corrected chi connectivity index (χ1v) is 7.28. The number of rotatable bonds is 4. The van der Waals surface area contributed by atoms with Gasteiger partial charge in [0.05, 0.1) is 6.04 Å². The molecule has 110 valence electrons. The largest absolute Gasteiger partial charge is 0.508 e. The van der Waals surface area contributed by atoms with Gasteiger partial charge in [-0.2, -0.15) is 0 Å². The number of hydrogen-bond donors (Lipinski definition) is 3. The van der Waals surface area contributed by atoms with Gasteiger partial charge in [0.1, 0.15) is 5.75 Å². The van der Waals surface area contributed by atoms with E-state index in [0.29, 0.717) is 6.54 Å². The highest BCUT2D eigenvalue weighted by Gasteiger charge is 2.36. The Morgan fingerprint density at radius 3 is 2.75 bits per heavy atom. The van der Waals surface area contributed by atoms with E-state index in [0.717, 1.165) is 31.4 Å². The van der Waals surface area contributed by atoms with Crippen molar-refractivity contribution in [3.05, 3.63) is 29.8 Å². The van der Waals surface area contributed by atoms with E-state index in [9.17, 15) is 9.90 Å². The molecule has 0 spiro atoms. The normalized spacial score (nSPS) is 21.4. The first kappa shape index (κ1) is 14.9. The lowest BCUT2D eigenvalue weighted by Gasteiger charge is -2.38. The average molecular weight is 276 g/mol. The van der Waals surface area contributed by atoms with Gasteiger partial charge in [-0.15, -0.1) is 0 Å². The lowest BCUT2D eigenvalue weighted by Crippen LogP contribution is -2.55. The molecule has 1 aliphatic rings. The number of benzene rings is 1. The number of nitrogens with one attached hydrogen (secondary N) is 2. The van der Waals surface area contributed by atoms with Gasteiger partial charge in [-0.1, -0.05) is 26.0 Å². The third-order valence-corrected chi connectivity index (χ3v) is 4.04. The van der Waals surface area contributed by atoms with Gasteiger partial charge in [0.25, 0.3) is 0 Å². The predicted octanol–water partition coefficient (Wildman–Crippen LogP) is 1.83. The summed E-state index contributed by atoms with van der Waals surface area (Å²) in [4.78, 5) is 12.2. The molecule has 0 aromatic heterocycles. The first-order chi connectivity index (χ1) is 9.49. The van der Waals surface area contributed by atoms with E-state index in [-0.39, 0.29) is 23.1 Å². The minimum absolute atomic E-state index is 0.0148. The number of carbonyl (C=O) groups is 1. The lowest BCUT2D eigenvalue weighted by molar-refractivity contribution is -0.126. The quantitative estimate of drug-likeness (QED) is 0.786. The average Bonchev–Trinajstić information content (AvgIpc) is 2.40. The number of phenolic OH excluding ortho intramolecular Hbond substituents is 1. The number of carbonyl (C=O) groups excluding carboxylic acids is 1. The van der Waals surface area contributed by atoms with Gasteiger partial charge in [0.2, 0.25) is 5.91 Å². The molecular weight excluding hydrogens is 252 g/mol. The standard InChI is InChI=1S/C16H24N2O2/c1-16(2)9-3-10-17-14(16)15(20)18-11-8-12-4-6-13(19)7-5-12/h4-7,14,17,19H,3,8-11H2,1-2H3,(H,18,20). The van der Waals surface area contributed by atoms with E-state index in [1.165, 1.54) is 0 Å². The zero-order chi connectivity index (χ0) is 14.6. The van der Waals surface area contributed by atoms with Crippen molar-refractivity contribution in [2.45, 2.75) is 39.2 Å². The highest BCUT2D eigenvalue weighted by molar-refractivity contribution is 5.82. The maximum absolute atomic E-state index is 12.2. The molecule has 2 rings (SSSR count). The summed E-state index contributed by atoms with van der Waals surface area (Å²) in [5.74, 6) is 0.361. The second kappa shape index (κ2) is 6.27. The topological polar surface area (TPSA) is 61.4 Å². The number of amides is 1. The number of piperidine rings is 1. The molecular formula is C16H24N2O2. The van der Waals surface area contributed by atoms with E-state index in [2.05, 4.69) is 24.5 Å². The fraction of sp³-hybridized carbons (Fsp3) is 0.562. The van der Waals surface area contributed by atoms with Crippen LogP contribution in [0.2, 0.25) is 0 Å². The summed E-state index contributed by atoms with van der Waals surface area (Å²) < 4.78 is 0. The van der Waals surface area contributed by atoms with E-state index in [1.807, 2.05) is 12.1 Å². The molecule has 3 N–H and O–H groups in total. The maximum Gasteiger partial charge on any atom is 0.237 e. The molecule has 1 aliphatic heterocycles. The van der Waals surface area contributed by atoms with Crippen molar-refractivity contribution >= 4 is 5.91 Å². The molecule has 1 heterocycles. The Kier molecular flexibility index (Phi) is 4.65. The molecule has 4 nitrogen and oxygen atoms in total. The van der Waals surface area contributed by atoms with Gasteiger partial charge in [0, 0.05) is 6.54 Å². The van der Waals surface area contributed by atoms with Crippen LogP contribution in [0.15, 0.2) is 24.3 Å².